The van der Waals surface area contributed by atoms with Gasteiger partial charge in [-0.15, -0.1) is 0 Å². The first kappa shape index (κ1) is 9.04. The number of nitrogens with one attached hydrogen (secondary N) is 1. The average molecular weight is 181 g/mol. The fourth-order valence-corrected chi connectivity index (χ4v) is 2.21. The maximum Gasteiger partial charge on any atom is 0.220 e. The smallest absolute Gasteiger partial charge is 0.220 e. The first-order valence-electron chi connectivity index (χ1n) is 5.55. The molecule has 2 aliphatic rings. The molecule has 2 unspecified atom stereocenters. The van der Waals surface area contributed by atoms with Crippen LogP contribution in [0.5, 0.6) is 0 Å². The van der Waals surface area contributed by atoms with Crippen molar-refractivity contribution < 1.29 is 4.79 Å². The summed E-state index contributed by atoms with van der Waals surface area (Å²) in [4.78, 5) is 11.5. The van der Waals surface area contributed by atoms with Crippen molar-refractivity contribution in [3.05, 3.63) is 0 Å². The number of carbonyl (C=O) groups excluding carboxylic acids is 1. The molecule has 0 aliphatic heterocycles. The molecule has 2 heteroatoms. The predicted octanol–water partition coefficient (Wildman–Crippen LogP) is 2.09. The summed E-state index contributed by atoms with van der Waals surface area (Å²) in [6.07, 6.45) is 7.09. The Bertz CT molecular complexity index is 198. The van der Waals surface area contributed by atoms with Crippen LogP contribution in [0.15, 0.2) is 0 Å². The highest BCUT2D eigenvalue weighted by molar-refractivity contribution is 5.76. The van der Waals surface area contributed by atoms with Crippen LogP contribution in [0.25, 0.3) is 0 Å². The molecule has 0 saturated heterocycles. The second kappa shape index (κ2) is 3.69. The molecule has 2 fully saturated rings. The maximum absolute atomic E-state index is 11.5. The lowest BCUT2D eigenvalue weighted by Gasteiger charge is -2.16. The third-order valence-corrected chi connectivity index (χ3v) is 3.38. The van der Waals surface area contributed by atoms with Crippen LogP contribution in [-0.4, -0.2) is 11.9 Å². The Balaban J connectivity index is 1.72. The Kier molecular flexibility index (Phi) is 2.56. The first-order valence-corrected chi connectivity index (χ1v) is 5.55. The minimum absolute atomic E-state index is 0.293. The van der Waals surface area contributed by atoms with Crippen molar-refractivity contribution in [2.75, 3.05) is 0 Å². The molecule has 2 rings (SSSR count). The van der Waals surface area contributed by atoms with E-state index in [1.165, 1.54) is 32.1 Å². The van der Waals surface area contributed by atoms with Crippen LogP contribution < -0.4 is 5.32 Å². The monoisotopic (exact) mass is 181 g/mol. The van der Waals surface area contributed by atoms with E-state index in [4.69, 9.17) is 0 Å². The summed E-state index contributed by atoms with van der Waals surface area (Å²) in [7, 11) is 0. The van der Waals surface area contributed by atoms with Gasteiger partial charge < -0.3 is 5.32 Å². The largest absolute Gasteiger partial charge is 0.353 e. The molecule has 0 heterocycles. The summed E-state index contributed by atoms with van der Waals surface area (Å²) in [5.41, 5.74) is 0. The van der Waals surface area contributed by atoms with Crippen LogP contribution in [-0.2, 0) is 4.79 Å². The zero-order valence-electron chi connectivity index (χ0n) is 8.38. The fourth-order valence-electron chi connectivity index (χ4n) is 2.21. The molecule has 0 aromatic carbocycles. The van der Waals surface area contributed by atoms with Gasteiger partial charge in [0.2, 0.25) is 5.91 Å². The van der Waals surface area contributed by atoms with Crippen molar-refractivity contribution in [2.24, 2.45) is 11.8 Å². The van der Waals surface area contributed by atoms with E-state index in [-0.39, 0.29) is 0 Å². The van der Waals surface area contributed by atoms with Crippen molar-refractivity contribution in [3.8, 4) is 0 Å². The van der Waals surface area contributed by atoms with Gasteiger partial charge in [0.1, 0.15) is 0 Å². The van der Waals surface area contributed by atoms with Crippen LogP contribution in [0.4, 0.5) is 0 Å². The number of carbonyl (C=O) groups is 1. The molecule has 0 bridgehead atoms. The number of hydrogen-bond acceptors (Lipinski definition) is 1. The number of rotatable bonds is 3. The van der Waals surface area contributed by atoms with E-state index in [9.17, 15) is 4.79 Å². The van der Waals surface area contributed by atoms with Crippen molar-refractivity contribution in [3.63, 3.8) is 0 Å². The molecular formula is C11H19NO. The Morgan fingerprint density at radius 1 is 1.31 bits per heavy atom. The highest BCUT2D eigenvalue weighted by atomic mass is 16.1. The van der Waals surface area contributed by atoms with Crippen molar-refractivity contribution in [1.82, 2.24) is 5.32 Å². The van der Waals surface area contributed by atoms with Crippen molar-refractivity contribution >= 4 is 5.91 Å². The van der Waals surface area contributed by atoms with Crippen molar-refractivity contribution in [2.45, 2.75) is 51.5 Å². The molecule has 74 valence electrons. The molecule has 0 spiro atoms. The molecule has 2 atom stereocenters. The van der Waals surface area contributed by atoms with Gasteiger partial charge in [0.15, 0.2) is 0 Å². The Labute approximate surface area is 80.1 Å². The van der Waals surface area contributed by atoms with Crippen molar-refractivity contribution in [1.29, 1.82) is 0 Å². The second-order valence-corrected chi connectivity index (χ2v) is 4.73. The third kappa shape index (κ3) is 2.45. The summed E-state index contributed by atoms with van der Waals surface area (Å²) < 4.78 is 0. The maximum atomic E-state index is 11.5. The first-order chi connectivity index (χ1) is 6.25. The van der Waals surface area contributed by atoms with Crippen LogP contribution >= 0.6 is 0 Å². The Morgan fingerprint density at radius 2 is 2.08 bits per heavy atom. The zero-order valence-corrected chi connectivity index (χ0v) is 8.38. The predicted molar refractivity (Wildman–Crippen MR) is 52.3 cm³/mol. The molecular weight excluding hydrogens is 162 g/mol. The minimum atomic E-state index is 0.293. The number of amides is 1. The van der Waals surface area contributed by atoms with E-state index < -0.39 is 0 Å². The summed E-state index contributed by atoms with van der Waals surface area (Å²) in [5, 5.41) is 3.16. The normalized spacial score (nSPS) is 33.3. The van der Waals surface area contributed by atoms with Crippen LogP contribution in [0.2, 0.25) is 0 Å². The average Bonchev–Trinajstić information content (AvgIpc) is 2.79. The van der Waals surface area contributed by atoms with E-state index in [1.54, 1.807) is 0 Å². The van der Waals surface area contributed by atoms with Crippen LogP contribution in [0.1, 0.15) is 45.4 Å². The zero-order chi connectivity index (χ0) is 9.26. The van der Waals surface area contributed by atoms with Gasteiger partial charge in [-0.2, -0.15) is 0 Å². The topological polar surface area (TPSA) is 29.1 Å². The molecule has 13 heavy (non-hydrogen) atoms. The summed E-state index contributed by atoms with van der Waals surface area (Å²) in [5.74, 6) is 1.71. The molecule has 1 amide bonds. The summed E-state index contributed by atoms with van der Waals surface area (Å²) in [6, 6.07) is 0.478. The van der Waals surface area contributed by atoms with Gasteiger partial charge in [-0.05, 0) is 37.5 Å². The molecule has 0 radical (unpaired) electrons. The fraction of sp³-hybridized carbons (Fsp3) is 0.909. The highest BCUT2D eigenvalue weighted by Crippen LogP contribution is 2.32. The quantitative estimate of drug-likeness (QED) is 0.709. The molecule has 2 nitrogen and oxygen atoms in total. The Morgan fingerprint density at radius 3 is 2.62 bits per heavy atom. The lowest BCUT2D eigenvalue weighted by Crippen LogP contribution is -2.36. The van der Waals surface area contributed by atoms with E-state index >= 15 is 0 Å². The molecule has 2 aliphatic carbocycles. The lowest BCUT2D eigenvalue weighted by atomic mass is 10.1. The third-order valence-electron chi connectivity index (χ3n) is 3.38. The van der Waals surface area contributed by atoms with Gasteiger partial charge >= 0.3 is 0 Å². The summed E-state index contributed by atoms with van der Waals surface area (Å²) in [6.45, 7) is 2.25. The molecule has 2 saturated carbocycles. The molecule has 0 aromatic rings. The van der Waals surface area contributed by atoms with Gasteiger partial charge in [0, 0.05) is 12.5 Å². The molecule has 1 N–H and O–H groups in total. The van der Waals surface area contributed by atoms with Gasteiger partial charge in [0.25, 0.3) is 0 Å². The number of hydrogen-bond donors (Lipinski definition) is 1. The van der Waals surface area contributed by atoms with Gasteiger partial charge in [0.05, 0.1) is 0 Å². The minimum Gasteiger partial charge on any atom is -0.353 e. The SMILES string of the molecule is CC1CCCC1NC(=O)CC1CC1. The lowest BCUT2D eigenvalue weighted by molar-refractivity contribution is -0.122. The van der Waals surface area contributed by atoms with Gasteiger partial charge in [-0.25, -0.2) is 0 Å². The molecule has 0 aromatic heterocycles. The highest BCUT2D eigenvalue weighted by Gasteiger charge is 2.28. The standard InChI is InChI=1S/C11H19NO/c1-8-3-2-4-10(8)12-11(13)7-9-5-6-9/h8-10H,2-7H2,1H3,(H,12,13). The van der Waals surface area contributed by atoms with Crippen LogP contribution in [0, 0.1) is 11.8 Å². The van der Waals surface area contributed by atoms with E-state index in [2.05, 4.69) is 12.2 Å². The summed E-state index contributed by atoms with van der Waals surface area (Å²) >= 11 is 0. The van der Waals surface area contributed by atoms with E-state index in [0.29, 0.717) is 17.9 Å². The van der Waals surface area contributed by atoms with Crippen LogP contribution in [0.3, 0.4) is 0 Å². The van der Waals surface area contributed by atoms with Gasteiger partial charge in [-0.1, -0.05) is 13.3 Å². The van der Waals surface area contributed by atoms with Gasteiger partial charge in [-0.3, -0.25) is 4.79 Å². The van der Waals surface area contributed by atoms with E-state index in [0.717, 1.165) is 12.3 Å². The second-order valence-electron chi connectivity index (χ2n) is 4.73. The van der Waals surface area contributed by atoms with E-state index in [1.807, 2.05) is 0 Å². The Hall–Kier alpha value is -0.530.